The molecule has 0 saturated carbocycles. The molecule has 0 bridgehead atoms. The number of alkyl halides is 6. The van der Waals surface area contributed by atoms with E-state index in [0.29, 0.717) is 0 Å². The summed E-state index contributed by atoms with van der Waals surface area (Å²) in [6.45, 7) is -0.781. The summed E-state index contributed by atoms with van der Waals surface area (Å²) < 4.78 is 97.1. The lowest BCUT2D eigenvalue weighted by molar-refractivity contribution is -0.145. The smallest absolute Gasteiger partial charge is 0.433 e. The summed E-state index contributed by atoms with van der Waals surface area (Å²) in [6, 6.07) is 4.24. The zero-order chi connectivity index (χ0) is 23.0. The predicted molar refractivity (Wildman–Crippen MR) is 91.7 cm³/mol. The normalized spacial score (nSPS) is 13.8. The molecule has 0 unspecified atom stereocenters. The number of amides is 1. The summed E-state index contributed by atoms with van der Waals surface area (Å²) in [6.07, 6.45) is -10.5. The van der Waals surface area contributed by atoms with Gasteiger partial charge in [-0.05, 0) is 18.2 Å². The Morgan fingerprint density at radius 3 is 2.52 bits per heavy atom. The number of carbonyl (C=O) groups excluding carboxylic acids is 1. The topological polar surface area (TPSA) is 78.2 Å². The van der Waals surface area contributed by atoms with Crippen LogP contribution in [0.15, 0.2) is 24.3 Å². The highest BCUT2D eigenvalue weighted by molar-refractivity contribution is 5.97. The van der Waals surface area contributed by atoms with Gasteiger partial charge in [0, 0.05) is 6.07 Å². The van der Waals surface area contributed by atoms with Crippen molar-refractivity contribution >= 4 is 17.4 Å². The second kappa shape index (κ2) is 7.93. The van der Waals surface area contributed by atoms with Crippen LogP contribution in [0.5, 0.6) is 5.75 Å². The lowest BCUT2D eigenvalue weighted by atomic mass is 10.1. The Morgan fingerprint density at radius 1 is 1.19 bits per heavy atom. The van der Waals surface area contributed by atoms with E-state index in [-0.39, 0.29) is 30.7 Å². The van der Waals surface area contributed by atoms with Crippen molar-refractivity contribution in [3.8, 4) is 11.8 Å². The fraction of sp³-hybridized carbons (Fsp3) is 0.278. The second-order valence-corrected chi connectivity index (χ2v) is 6.25. The van der Waals surface area contributed by atoms with Gasteiger partial charge in [-0.3, -0.25) is 4.79 Å². The van der Waals surface area contributed by atoms with Crippen LogP contribution < -0.4 is 15.0 Å². The van der Waals surface area contributed by atoms with Crippen molar-refractivity contribution in [3.63, 3.8) is 0 Å². The molecule has 0 atom stereocenters. The number of fused-ring (bicyclic) bond motifs is 1. The molecular weight excluding hydrogens is 437 g/mol. The van der Waals surface area contributed by atoms with Crippen LogP contribution in [0.2, 0.25) is 0 Å². The lowest BCUT2D eigenvalue weighted by Crippen LogP contribution is -2.41. The van der Waals surface area contributed by atoms with E-state index in [0.717, 1.165) is 17.0 Å². The Kier molecular flexibility index (Phi) is 5.66. The number of halogens is 7. The molecule has 2 heterocycles. The van der Waals surface area contributed by atoms with Crippen molar-refractivity contribution in [1.29, 1.82) is 5.26 Å². The van der Waals surface area contributed by atoms with Crippen molar-refractivity contribution in [2.45, 2.75) is 12.4 Å². The second-order valence-electron chi connectivity index (χ2n) is 6.25. The number of carbonyl (C=O) groups is 1. The van der Waals surface area contributed by atoms with Crippen LogP contribution in [-0.4, -0.2) is 30.6 Å². The summed E-state index contributed by atoms with van der Waals surface area (Å²) in [4.78, 5) is 16.7. The van der Waals surface area contributed by atoms with Crippen molar-refractivity contribution in [2.24, 2.45) is 0 Å². The first-order valence-electron chi connectivity index (χ1n) is 8.48. The Morgan fingerprint density at radius 2 is 1.90 bits per heavy atom. The number of nitrogens with zero attached hydrogens (tertiary/aromatic N) is 3. The van der Waals surface area contributed by atoms with Crippen LogP contribution in [0, 0.1) is 17.1 Å². The van der Waals surface area contributed by atoms with Gasteiger partial charge in [-0.25, -0.2) is 9.37 Å². The first-order chi connectivity index (χ1) is 14.4. The molecule has 0 spiro atoms. The summed E-state index contributed by atoms with van der Waals surface area (Å²) in [5.74, 6) is -2.38. The number of nitrogens with one attached hydrogen (secondary N) is 1. The molecule has 13 heteroatoms. The summed E-state index contributed by atoms with van der Waals surface area (Å²) in [7, 11) is 0. The third kappa shape index (κ3) is 4.62. The summed E-state index contributed by atoms with van der Waals surface area (Å²) in [5, 5.41) is 11.2. The maximum absolute atomic E-state index is 13.3. The van der Waals surface area contributed by atoms with Gasteiger partial charge in [0.1, 0.15) is 41.3 Å². The zero-order valence-electron chi connectivity index (χ0n) is 15.2. The molecule has 0 fully saturated rings. The van der Waals surface area contributed by atoms with E-state index in [4.69, 9.17) is 10.00 Å². The third-order valence-electron chi connectivity index (χ3n) is 4.22. The van der Waals surface area contributed by atoms with Gasteiger partial charge in [0.15, 0.2) is 0 Å². The van der Waals surface area contributed by atoms with Gasteiger partial charge in [0.2, 0.25) is 5.91 Å². The highest BCUT2D eigenvalue weighted by atomic mass is 19.4. The molecule has 1 aromatic heterocycles. The predicted octanol–water partition coefficient (Wildman–Crippen LogP) is 3.97. The molecular formula is C18H11F7N4O2. The Labute approximate surface area is 169 Å². The molecule has 31 heavy (non-hydrogen) atoms. The van der Waals surface area contributed by atoms with Gasteiger partial charge in [0.05, 0.1) is 24.3 Å². The first kappa shape index (κ1) is 22.1. The molecule has 2 aromatic rings. The fourth-order valence-electron chi connectivity index (χ4n) is 2.86. The quantitative estimate of drug-likeness (QED) is 0.720. The van der Waals surface area contributed by atoms with Gasteiger partial charge in [-0.15, -0.1) is 0 Å². The van der Waals surface area contributed by atoms with E-state index in [9.17, 15) is 35.5 Å². The average Bonchev–Trinajstić information content (AvgIpc) is 2.69. The molecule has 164 valence electrons. The maximum Gasteiger partial charge on any atom is 0.433 e. The standard InChI is InChI=1S/C18H11F7N4O2/c19-9-1-2-12-13(5-9)31-4-3-29(12)15(30)8-27-16-10(7-26)11(17(20,21)22)6-14(28-16)18(23,24)25/h1-2,5-6H,3-4,8H2,(H,27,28). The minimum Gasteiger partial charge on any atom is -0.489 e. The van der Waals surface area contributed by atoms with E-state index in [1.165, 1.54) is 12.1 Å². The Hall–Kier alpha value is -3.56. The third-order valence-corrected chi connectivity index (χ3v) is 4.22. The van der Waals surface area contributed by atoms with Gasteiger partial charge in [-0.1, -0.05) is 0 Å². The van der Waals surface area contributed by atoms with E-state index < -0.39 is 53.3 Å². The molecule has 1 aromatic carbocycles. The van der Waals surface area contributed by atoms with E-state index >= 15 is 0 Å². The number of anilines is 2. The number of hydrogen-bond acceptors (Lipinski definition) is 5. The number of ether oxygens (including phenoxy) is 1. The minimum atomic E-state index is -5.26. The van der Waals surface area contributed by atoms with Crippen LogP contribution >= 0.6 is 0 Å². The van der Waals surface area contributed by atoms with Crippen molar-refractivity contribution in [2.75, 3.05) is 29.9 Å². The maximum atomic E-state index is 13.3. The molecule has 1 aliphatic heterocycles. The molecule has 1 amide bonds. The van der Waals surface area contributed by atoms with E-state index in [1.807, 2.05) is 0 Å². The number of pyridine rings is 1. The largest absolute Gasteiger partial charge is 0.489 e. The van der Waals surface area contributed by atoms with Gasteiger partial charge < -0.3 is 15.0 Å². The fourth-order valence-corrected chi connectivity index (χ4v) is 2.86. The number of rotatable bonds is 3. The van der Waals surface area contributed by atoms with Crippen LogP contribution in [0.4, 0.5) is 42.2 Å². The molecule has 6 nitrogen and oxygen atoms in total. The highest BCUT2D eigenvalue weighted by Gasteiger charge is 2.41. The first-order valence-corrected chi connectivity index (χ1v) is 8.48. The zero-order valence-corrected chi connectivity index (χ0v) is 15.2. The molecule has 1 aliphatic rings. The van der Waals surface area contributed by atoms with Crippen LogP contribution in [0.1, 0.15) is 16.8 Å². The number of nitriles is 1. The SMILES string of the molecule is N#Cc1c(C(F)(F)F)cc(C(F)(F)F)nc1NCC(=O)N1CCOc2cc(F)ccc21. The van der Waals surface area contributed by atoms with Gasteiger partial charge >= 0.3 is 12.4 Å². The summed E-state index contributed by atoms with van der Waals surface area (Å²) >= 11 is 0. The van der Waals surface area contributed by atoms with Gasteiger partial charge in [-0.2, -0.15) is 31.6 Å². The van der Waals surface area contributed by atoms with Crippen molar-refractivity contribution in [1.82, 2.24) is 4.98 Å². The van der Waals surface area contributed by atoms with Crippen LogP contribution in [0.3, 0.4) is 0 Å². The molecule has 0 aliphatic carbocycles. The highest BCUT2D eigenvalue weighted by Crippen LogP contribution is 2.38. The molecule has 1 N–H and O–H groups in total. The number of hydrogen-bond donors (Lipinski definition) is 1. The Bertz CT molecular complexity index is 1060. The lowest BCUT2D eigenvalue weighted by Gasteiger charge is -2.29. The van der Waals surface area contributed by atoms with Gasteiger partial charge in [0.25, 0.3) is 0 Å². The number of aromatic nitrogens is 1. The molecule has 0 saturated heterocycles. The monoisotopic (exact) mass is 448 g/mol. The van der Waals surface area contributed by atoms with Crippen LogP contribution in [-0.2, 0) is 17.1 Å². The average molecular weight is 448 g/mol. The Balaban J connectivity index is 1.91. The van der Waals surface area contributed by atoms with Crippen molar-refractivity contribution in [3.05, 3.63) is 46.9 Å². The van der Waals surface area contributed by atoms with Crippen LogP contribution in [0.25, 0.3) is 0 Å². The summed E-state index contributed by atoms with van der Waals surface area (Å²) in [5.41, 5.74) is -4.72. The van der Waals surface area contributed by atoms with E-state index in [2.05, 4.69) is 10.3 Å². The molecule has 3 rings (SSSR count). The van der Waals surface area contributed by atoms with Crippen molar-refractivity contribution < 1.29 is 40.3 Å². The van der Waals surface area contributed by atoms with E-state index in [1.54, 1.807) is 0 Å². The minimum absolute atomic E-state index is 0.00801. The number of benzene rings is 1. The molecule has 0 radical (unpaired) electrons.